The normalized spacial score (nSPS) is 12.4. The van der Waals surface area contributed by atoms with Crippen molar-refractivity contribution in [3.63, 3.8) is 0 Å². The van der Waals surface area contributed by atoms with E-state index in [-0.39, 0.29) is 18.4 Å². The summed E-state index contributed by atoms with van der Waals surface area (Å²) in [5.74, 6) is 6.68. The highest BCUT2D eigenvalue weighted by Gasteiger charge is 2.26. The molecule has 1 aliphatic heterocycles. The largest absolute Gasteiger partial charge is 0.340 e. The van der Waals surface area contributed by atoms with Crippen molar-refractivity contribution in [3.05, 3.63) is 95.6 Å². The summed E-state index contributed by atoms with van der Waals surface area (Å²) in [6.07, 6.45) is 4.34. The Morgan fingerprint density at radius 3 is 2.63 bits per heavy atom. The Morgan fingerprint density at radius 1 is 1.00 bits per heavy atom. The first-order valence-electron chi connectivity index (χ1n) is 14.3. The first kappa shape index (κ1) is 27.8. The highest BCUT2D eigenvalue weighted by atomic mass is 16.2. The highest BCUT2D eigenvalue weighted by Crippen LogP contribution is 2.34. The molecule has 0 fully saturated rings. The molecule has 1 aliphatic rings. The van der Waals surface area contributed by atoms with Gasteiger partial charge in [0.25, 0.3) is 5.91 Å². The molecule has 4 aromatic heterocycles. The Labute approximate surface area is 250 Å². The zero-order valence-corrected chi connectivity index (χ0v) is 24.4. The van der Waals surface area contributed by atoms with Gasteiger partial charge in [-0.3, -0.25) is 19.6 Å². The van der Waals surface area contributed by atoms with Gasteiger partial charge in [-0.25, -0.2) is 9.97 Å². The van der Waals surface area contributed by atoms with Gasteiger partial charge in [-0.15, -0.1) is 0 Å². The summed E-state index contributed by atoms with van der Waals surface area (Å²) in [4.78, 5) is 45.1. The third-order valence-electron chi connectivity index (χ3n) is 7.60. The van der Waals surface area contributed by atoms with Crippen LogP contribution < -0.4 is 5.32 Å². The summed E-state index contributed by atoms with van der Waals surface area (Å²) in [6.45, 7) is 7.81. The standard InChI is InChI=1S/C34H31N7O2/c1-4-32-39-33(31-21-40(23(3)42)16-17-41(31)32)27-12-6-9-24-18-30(37-20-28(24)27)25-13-14-29(36-19-25)34(43)35-15-7-11-26-10-5-8-22(2)38-26/h5-6,8-10,12-14,18-20H,4,15-17,21H2,1-3H3,(H,35,43). The van der Waals surface area contributed by atoms with Crippen molar-refractivity contribution in [1.82, 2.24) is 34.7 Å². The van der Waals surface area contributed by atoms with Crippen LogP contribution in [0.1, 0.15) is 47.2 Å². The van der Waals surface area contributed by atoms with Gasteiger partial charge in [-0.2, -0.15) is 0 Å². The molecule has 2 amide bonds. The molecule has 0 saturated heterocycles. The lowest BCUT2D eigenvalue weighted by Gasteiger charge is -2.28. The third-order valence-corrected chi connectivity index (χ3v) is 7.60. The van der Waals surface area contributed by atoms with E-state index in [4.69, 9.17) is 9.97 Å². The van der Waals surface area contributed by atoms with Gasteiger partial charge in [0.2, 0.25) is 5.91 Å². The van der Waals surface area contributed by atoms with E-state index in [1.54, 1.807) is 19.2 Å². The number of carbonyl (C=O) groups excluding carboxylic acids is 2. The molecule has 0 aliphatic carbocycles. The summed E-state index contributed by atoms with van der Waals surface area (Å²) in [6, 6.07) is 17.3. The summed E-state index contributed by atoms with van der Waals surface area (Å²) in [5, 5.41) is 4.78. The van der Waals surface area contributed by atoms with Crippen molar-refractivity contribution < 1.29 is 9.59 Å². The highest BCUT2D eigenvalue weighted by molar-refractivity contribution is 5.97. The first-order chi connectivity index (χ1) is 20.9. The first-order valence-corrected chi connectivity index (χ1v) is 14.3. The van der Waals surface area contributed by atoms with Crippen LogP contribution in [0.15, 0.2) is 67.0 Å². The molecule has 5 aromatic rings. The molecular formula is C34H31N7O2. The molecule has 0 spiro atoms. The number of hydrogen-bond donors (Lipinski definition) is 1. The maximum atomic E-state index is 12.6. The number of hydrogen-bond acceptors (Lipinski definition) is 6. The van der Waals surface area contributed by atoms with Crippen molar-refractivity contribution in [2.45, 2.75) is 40.3 Å². The number of aryl methyl sites for hydroxylation is 2. The van der Waals surface area contributed by atoms with Crippen LogP contribution in [0.5, 0.6) is 0 Å². The number of aromatic nitrogens is 5. The van der Waals surface area contributed by atoms with Crippen LogP contribution in [-0.2, 0) is 24.3 Å². The van der Waals surface area contributed by atoms with Crippen LogP contribution in [0.2, 0.25) is 0 Å². The van der Waals surface area contributed by atoms with Crippen LogP contribution in [0.4, 0.5) is 0 Å². The number of fused-ring (bicyclic) bond motifs is 2. The molecule has 1 N–H and O–H groups in total. The van der Waals surface area contributed by atoms with E-state index in [2.05, 4.69) is 50.7 Å². The van der Waals surface area contributed by atoms with Gasteiger partial charge in [0.1, 0.15) is 17.2 Å². The van der Waals surface area contributed by atoms with Gasteiger partial charge >= 0.3 is 0 Å². The lowest BCUT2D eigenvalue weighted by atomic mass is 10.0. The van der Waals surface area contributed by atoms with Crippen LogP contribution in [-0.4, -0.2) is 54.3 Å². The number of benzene rings is 1. The molecule has 0 saturated carbocycles. The monoisotopic (exact) mass is 569 g/mol. The molecule has 5 heterocycles. The smallest absolute Gasteiger partial charge is 0.270 e. The van der Waals surface area contributed by atoms with E-state index >= 15 is 0 Å². The van der Waals surface area contributed by atoms with Gasteiger partial charge in [-0.1, -0.05) is 37.1 Å². The van der Waals surface area contributed by atoms with Gasteiger partial charge in [0.15, 0.2) is 0 Å². The second-order valence-corrected chi connectivity index (χ2v) is 10.4. The van der Waals surface area contributed by atoms with E-state index in [0.717, 1.165) is 63.5 Å². The number of nitrogens with one attached hydrogen (secondary N) is 1. The van der Waals surface area contributed by atoms with E-state index in [1.165, 1.54) is 0 Å². The minimum atomic E-state index is -0.299. The lowest BCUT2D eigenvalue weighted by Crippen LogP contribution is -2.37. The Hall–Kier alpha value is -5.36. The number of nitrogens with zero attached hydrogens (tertiary/aromatic N) is 6. The predicted octanol–water partition coefficient (Wildman–Crippen LogP) is 4.57. The van der Waals surface area contributed by atoms with Crippen LogP contribution >= 0.6 is 0 Å². The topological polar surface area (TPSA) is 106 Å². The van der Waals surface area contributed by atoms with Crippen molar-refractivity contribution in [1.29, 1.82) is 0 Å². The van der Waals surface area contributed by atoms with Gasteiger partial charge in [-0.05, 0) is 48.6 Å². The van der Waals surface area contributed by atoms with E-state index < -0.39 is 0 Å². The molecule has 9 nitrogen and oxygen atoms in total. The average Bonchev–Trinajstić information content (AvgIpc) is 3.40. The van der Waals surface area contributed by atoms with Gasteiger partial charge in [0.05, 0.1) is 30.2 Å². The number of rotatable bonds is 5. The Bertz CT molecular complexity index is 1920. The van der Waals surface area contributed by atoms with Crippen LogP contribution in [0.25, 0.3) is 33.3 Å². The van der Waals surface area contributed by atoms with E-state index in [9.17, 15) is 9.59 Å². The SMILES string of the molecule is CCc1nc(-c2cccc3cc(-c4ccc(C(=O)NCC#Cc5cccc(C)n5)nc4)ncc23)c2n1CCN(C(C)=O)C2. The number of pyridine rings is 3. The molecule has 0 bridgehead atoms. The van der Waals surface area contributed by atoms with E-state index in [0.29, 0.717) is 24.5 Å². The maximum Gasteiger partial charge on any atom is 0.270 e. The van der Waals surface area contributed by atoms with Crippen molar-refractivity contribution in [2.75, 3.05) is 13.1 Å². The predicted molar refractivity (Wildman–Crippen MR) is 165 cm³/mol. The van der Waals surface area contributed by atoms with Crippen LogP contribution in [0, 0.1) is 18.8 Å². The summed E-state index contributed by atoms with van der Waals surface area (Å²) in [7, 11) is 0. The minimum absolute atomic E-state index is 0.0714. The fourth-order valence-electron chi connectivity index (χ4n) is 5.37. The van der Waals surface area contributed by atoms with Crippen molar-refractivity contribution in [2.24, 2.45) is 0 Å². The molecule has 1 aromatic carbocycles. The van der Waals surface area contributed by atoms with Gasteiger partial charge in [0, 0.05) is 61.0 Å². The number of amides is 2. The fraction of sp³-hybridized carbons (Fsp3) is 0.235. The third kappa shape index (κ3) is 5.72. The molecule has 43 heavy (non-hydrogen) atoms. The zero-order valence-electron chi connectivity index (χ0n) is 24.4. The second-order valence-electron chi connectivity index (χ2n) is 10.4. The summed E-state index contributed by atoms with van der Waals surface area (Å²) < 4.78 is 2.26. The molecule has 9 heteroatoms. The van der Waals surface area contributed by atoms with Gasteiger partial charge < -0.3 is 14.8 Å². The number of imidazole rings is 1. The molecule has 6 rings (SSSR count). The minimum Gasteiger partial charge on any atom is -0.340 e. The number of carbonyl (C=O) groups is 2. The van der Waals surface area contributed by atoms with Crippen molar-refractivity contribution >= 4 is 22.6 Å². The second kappa shape index (κ2) is 11.9. The zero-order chi connectivity index (χ0) is 29.9. The maximum absolute atomic E-state index is 12.6. The fourth-order valence-corrected chi connectivity index (χ4v) is 5.37. The average molecular weight is 570 g/mol. The molecule has 0 radical (unpaired) electrons. The molecule has 0 atom stereocenters. The van der Waals surface area contributed by atoms with Crippen molar-refractivity contribution in [3.8, 4) is 34.4 Å². The lowest BCUT2D eigenvalue weighted by molar-refractivity contribution is -0.130. The Balaban J connectivity index is 1.21. The quantitative estimate of drug-likeness (QED) is 0.311. The summed E-state index contributed by atoms with van der Waals surface area (Å²) >= 11 is 0. The van der Waals surface area contributed by atoms with E-state index in [1.807, 2.05) is 54.4 Å². The summed E-state index contributed by atoms with van der Waals surface area (Å²) in [5.41, 5.74) is 6.39. The molecule has 214 valence electrons. The van der Waals surface area contributed by atoms with Crippen LogP contribution in [0.3, 0.4) is 0 Å². The molecule has 0 unspecified atom stereocenters. The molecular weight excluding hydrogens is 538 g/mol. The Morgan fingerprint density at radius 2 is 1.86 bits per heavy atom. The Kier molecular flexibility index (Phi) is 7.67.